The Bertz CT molecular complexity index is 373. The van der Waals surface area contributed by atoms with Crippen LogP contribution in [0.3, 0.4) is 0 Å². The molecule has 1 aromatic heterocycles. The highest BCUT2D eigenvalue weighted by molar-refractivity contribution is 5.88. The van der Waals surface area contributed by atoms with Crippen molar-refractivity contribution in [3.8, 4) is 0 Å². The van der Waals surface area contributed by atoms with Crippen LogP contribution in [0.1, 0.15) is 28.8 Å². The van der Waals surface area contributed by atoms with Crippen molar-refractivity contribution in [1.82, 2.24) is 4.90 Å². The first-order valence-corrected chi connectivity index (χ1v) is 5.62. The lowest BCUT2D eigenvalue weighted by Gasteiger charge is -2.18. The second kappa shape index (κ2) is 6.42. The van der Waals surface area contributed by atoms with E-state index in [0.29, 0.717) is 24.7 Å². The number of furan rings is 1. The highest BCUT2D eigenvalue weighted by atomic mass is 16.5. The van der Waals surface area contributed by atoms with Crippen LogP contribution in [0, 0.1) is 6.92 Å². The average molecular weight is 241 g/mol. The van der Waals surface area contributed by atoms with Crippen LogP contribution < -0.4 is 0 Å². The molecule has 0 aliphatic rings. The summed E-state index contributed by atoms with van der Waals surface area (Å²) in [5.74, 6) is 0.186. The number of hydrogen-bond acceptors (Lipinski definition) is 4. The molecular weight excluding hydrogens is 222 g/mol. The summed E-state index contributed by atoms with van der Waals surface area (Å²) in [6.45, 7) is 6.63. The van der Waals surface area contributed by atoms with Gasteiger partial charge in [0.25, 0.3) is 0 Å². The third-order valence-corrected chi connectivity index (χ3v) is 2.64. The van der Waals surface area contributed by atoms with E-state index in [0.717, 1.165) is 13.1 Å². The number of ether oxygens (including phenoxy) is 1. The maximum Gasteiger partial charge on any atom is 0.339 e. The number of rotatable bonds is 7. The summed E-state index contributed by atoms with van der Waals surface area (Å²) < 4.78 is 10.4. The molecule has 0 aliphatic heterocycles. The van der Waals surface area contributed by atoms with Gasteiger partial charge in [0, 0.05) is 13.7 Å². The van der Waals surface area contributed by atoms with Gasteiger partial charge in [-0.3, -0.25) is 4.90 Å². The van der Waals surface area contributed by atoms with Crippen molar-refractivity contribution in [3.05, 3.63) is 23.2 Å². The molecule has 0 unspecified atom stereocenters. The van der Waals surface area contributed by atoms with E-state index in [9.17, 15) is 4.79 Å². The van der Waals surface area contributed by atoms with E-state index in [1.165, 1.54) is 0 Å². The van der Waals surface area contributed by atoms with Gasteiger partial charge in [-0.15, -0.1) is 0 Å². The number of carboxylic acids is 1. The van der Waals surface area contributed by atoms with Gasteiger partial charge in [0.15, 0.2) is 0 Å². The maximum atomic E-state index is 10.9. The van der Waals surface area contributed by atoms with Crippen LogP contribution in [-0.2, 0) is 11.3 Å². The minimum absolute atomic E-state index is 0.239. The monoisotopic (exact) mass is 241 g/mol. The van der Waals surface area contributed by atoms with Crippen molar-refractivity contribution >= 4 is 5.97 Å². The fourth-order valence-corrected chi connectivity index (χ4v) is 1.62. The first-order chi connectivity index (χ1) is 8.08. The molecule has 0 fully saturated rings. The molecule has 0 bridgehead atoms. The maximum absolute atomic E-state index is 10.9. The molecular formula is C12H19NO4. The Morgan fingerprint density at radius 3 is 2.76 bits per heavy atom. The second-order valence-electron chi connectivity index (χ2n) is 3.85. The highest BCUT2D eigenvalue weighted by Crippen LogP contribution is 2.16. The van der Waals surface area contributed by atoms with Crippen molar-refractivity contribution < 1.29 is 19.1 Å². The third-order valence-electron chi connectivity index (χ3n) is 2.64. The van der Waals surface area contributed by atoms with Gasteiger partial charge in [-0.1, -0.05) is 6.92 Å². The van der Waals surface area contributed by atoms with Gasteiger partial charge >= 0.3 is 5.97 Å². The van der Waals surface area contributed by atoms with E-state index in [-0.39, 0.29) is 5.56 Å². The number of carbonyl (C=O) groups is 1. The van der Waals surface area contributed by atoms with E-state index in [4.69, 9.17) is 14.3 Å². The molecule has 0 spiro atoms. The second-order valence-corrected chi connectivity index (χ2v) is 3.85. The minimum atomic E-state index is -0.947. The number of aromatic carboxylic acids is 1. The molecule has 0 saturated heterocycles. The quantitative estimate of drug-likeness (QED) is 0.788. The number of aryl methyl sites for hydroxylation is 1. The molecule has 96 valence electrons. The zero-order valence-electron chi connectivity index (χ0n) is 10.5. The van der Waals surface area contributed by atoms with Gasteiger partial charge in [-0.05, 0) is 19.5 Å². The largest absolute Gasteiger partial charge is 0.478 e. The molecule has 17 heavy (non-hydrogen) atoms. The molecule has 0 aromatic carbocycles. The number of likely N-dealkylation sites (N-methyl/N-ethyl adjacent to an activating group) is 1. The normalized spacial score (nSPS) is 11.1. The smallest absolute Gasteiger partial charge is 0.339 e. The average Bonchev–Trinajstić information content (AvgIpc) is 2.65. The van der Waals surface area contributed by atoms with E-state index in [1.54, 1.807) is 20.1 Å². The van der Waals surface area contributed by atoms with Gasteiger partial charge in [-0.25, -0.2) is 4.79 Å². The molecule has 1 rings (SSSR count). The zero-order chi connectivity index (χ0) is 12.8. The van der Waals surface area contributed by atoms with Gasteiger partial charge in [0.2, 0.25) is 0 Å². The molecule has 0 radical (unpaired) electrons. The molecule has 5 nitrogen and oxygen atoms in total. The molecule has 0 amide bonds. The highest BCUT2D eigenvalue weighted by Gasteiger charge is 2.15. The standard InChI is InChI=1S/C12H19NO4/c1-4-13(5-6-16-3)8-10-7-11(12(14)15)9(2)17-10/h7H,4-6,8H2,1-3H3,(H,14,15). The lowest BCUT2D eigenvalue weighted by atomic mass is 10.2. The van der Waals surface area contributed by atoms with Crippen LogP contribution >= 0.6 is 0 Å². The summed E-state index contributed by atoms with van der Waals surface area (Å²) in [7, 11) is 1.66. The van der Waals surface area contributed by atoms with E-state index in [2.05, 4.69) is 4.90 Å². The SMILES string of the molecule is CCN(CCOC)Cc1cc(C(=O)O)c(C)o1. The molecule has 1 heterocycles. The van der Waals surface area contributed by atoms with E-state index < -0.39 is 5.97 Å². The fraction of sp³-hybridized carbons (Fsp3) is 0.583. The fourth-order valence-electron chi connectivity index (χ4n) is 1.62. The first kappa shape index (κ1) is 13.7. The Morgan fingerprint density at radius 2 is 2.29 bits per heavy atom. The molecule has 5 heteroatoms. The molecule has 0 atom stereocenters. The summed E-state index contributed by atoms with van der Waals surface area (Å²) in [4.78, 5) is 13.0. The van der Waals surface area contributed by atoms with Crippen molar-refractivity contribution in [2.75, 3.05) is 26.8 Å². The topological polar surface area (TPSA) is 62.9 Å². The van der Waals surface area contributed by atoms with Crippen LogP contribution in [0.5, 0.6) is 0 Å². The Morgan fingerprint density at radius 1 is 1.59 bits per heavy atom. The lowest BCUT2D eigenvalue weighted by Crippen LogP contribution is -2.26. The minimum Gasteiger partial charge on any atom is -0.478 e. The van der Waals surface area contributed by atoms with Gasteiger partial charge in [0.05, 0.1) is 13.2 Å². The number of hydrogen-bond donors (Lipinski definition) is 1. The van der Waals surface area contributed by atoms with Crippen molar-refractivity contribution in [2.24, 2.45) is 0 Å². The van der Waals surface area contributed by atoms with Crippen LogP contribution in [0.15, 0.2) is 10.5 Å². The lowest BCUT2D eigenvalue weighted by molar-refractivity contribution is 0.0695. The van der Waals surface area contributed by atoms with Gasteiger partial charge < -0.3 is 14.3 Å². The summed E-state index contributed by atoms with van der Waals surface area (Å²) in [5, 5.41) is 8.92. The molecule has 0 aliphatic carbocycles. The third kappa shape index (κ3) is 3.87. The van der Waals surface area contributed by atoms with Crippen molar-refractivity contribution in [2.45, 2.75) is 20.4 Å². The van der Waals surface area contributed by atoms with E-state index in [1.807, 2.05) is 6.92 Å². The predicted molar refractivity (Wildman–Crippen MR) is 63.2 cm³/mol. The first-order valence-electron chi connectivity index (χ1n) is 5.62. The molecule has 1 N–H and O–H groups in total. The Kier molecular flexibility index (Phi) is 5.18. The van der Waals surface area contributed by atoms with Crippen LogP contribution in [0.2, 0.25) is 0 Å². The summed E-state index contributed by atoms with van der Waals surface area (Å²) in [6.07, 6.45) is 0. The van der Waals surface area contributed by atoms with Crippen LogP contribution in [0.4, 0.5) is 0 Å². The van der Waals surface area contributed by atoms with Crippen LogP contribution in [-0.4, -0.2) is 42.8 Å². The van der Waals surface area contributed by atoms with Gasteiger partial charge in [-0.2, -0.15) is 0 Å². The van der Waals surface area contributed by atoms with Crippen molar-refractivity contribution in [1.29, 1.82) is 0 Å². The van der Waals surface area contributed by atoms with Gasteiger partial charge in [0.1, 0.15) is 17.1 Å². The molecule has 1 aromatic rings. The summed E-state index contributed by atoms with van der Waals surface area (Å²) in [6, 6.07) is 1.59. The Hall–Kier alpha value is -1.33. The number of nitrogens with zero attached hydrogens (tertiary/aromatic N) is 1. The summed E-state index contributed by atoms with van der Waals surface area (Å²) in [5.41, 5.74) is 0.239. The van der Waals surface area contributed by atoms with E-state index >= 15 is 0 Å². The van der Waals surface area contributed by atoms with Crippen molar-refractivity contribution in [3.63, 3.8) is 0 Å². The molecule has 0 saturated carbocycles. The Labute approximate surface area is 101 Å². The number of methoxy groups -OCH3 is 1. The van der Waals surface area contributed by atoms with Crippen LogP contribution in [0.25, 0.3) is 0 Å². The Balaban J connectivity index is 2.66. The summed E-state index contributed by atoms with van der Waals surface area (Å²) >= 11 is 0. The zero-order valence-corrected chi connectivity index (χ0v) is 10.5. The number of carboxylic acid groups (broad SMARTS) is 1. The predicted octanol–water partition coefficient (Wildman–Crippen LogP) is 1.75.